The van der Waals surface area contributed by atoms with Gasteiger partial charge >= 0.3 is 5.97 Å². The summed E-state index contributed by atoms with van der Waals surface area (Å²) in [5.74, 6) is -1.05. The molecule has 3 heterocycles. The Balaban J connectivity index is 2.18. The van der Waals surface area contributed by atoms with E-state index in [1.54, 1.807) is 28.8 Å². The average molecular weight is 367 g/mol. The minimum Gasteiger partial charge on any atom is -0.478 e. The maximum absolute atomic E-state index is 12.2. The fourth-order valence-electron chi connectivity index (χ4n) is 3.19. The molecule has 0 fully saturated rings. The van der Waals surface area contributed by atoms with Crippen molar-refractivity contribution in [3.8, 4) is 22.4 Å². The van der Waals surface area contributed by atoms with Crippen molar-refractivity contribution in [1.29, 1.82) is 0 Å². The topological polar surface area (TPSA) is 67.7 Å². The second-order valence-electron chi connectivity index (χ2n) is 5.90. The molecule has 5 nitrogen and oxygen atoms in total. The first kappa shape index (κ1) is 16.4. The van der Waals surface area contributed by atoms with Crippen LogP contribution >= 0.6 is 11.6 Å². The molecule has 4 rings (SSSR count). The molecule has 0 spiro atoms. The molecule has 130 valence electrons. The lowest BCUT2D eigenvalue weighted by molar-refractivity contribution is 0.0698. The Labute approximate surface area is 154 Å². The van der Waals surface area contributed by atoms with E-state index in [9.17, 15) is 9.90 Å². The van der Waals surface area contributed by atoms with Crippen LogP contribution in [0.2, 0.25) is 5.02 Å². The fourth-order valence-corrected chi connectivity index (χ4v) is 3.38. The average Bonchev–Trinajstić information content (AvgIpc) is 3.29. The predicted octanol–water partition coefficient (Wildman–Crippen LogP) is 5.18. The monoisotopic (exact) mass is 366 g/mol. The van der Waals surface area contributed by atoms with Crippen LogP contribution in [0.1, 0.15) is 23.0 Å². The van der Waals surface area contributed by atoms with Gasteiger partial charge in [0.1, 0.15) is 5.69 Å². The van der Waals surface area contributed by atoms with Crippen molar-refractivity contribution in [2.24, 2.45) is 0 Å². The summed E-state index contributed by atoms with van der Waals surface area (Å²) in [6.45, 7) is 2.03. The van der Waals surface area contributed by atoms with Gasteiger partial charge in [-0.15, -0.1) is 0 Å². The van der Waals surface area contributed by atoms with Gasteiger partial charge in [-0.05, 0) is 42.3 Å². The third-order valence-electron chi connectivity index (χ3n) is 4.36. The van der Waals surface area contributed by atoms with Crippen molar-refractivity contribution < 1.29 is 14.3 Å². The van der Waals surface area contributed by atoms with Gasteiger partial charge in [0.25, 0.3) is 0 Å². The third-order valence-corrected chi connectivity index (χ3v) is 4.60. The molecule has 6 heteroatoms. The zero-order valence-corrected chi connectivity index (χ0v) is 14.7. The highest BCUT2D eigenvalue weighted by Crippen LogP contribution is 2.36. The van der Waals surface area contributed by atoms with E-state index in [1.165, 1.54) is 12.5 Å². The lowest BCUT2D eigenvalue weighted by Gasteiger charge is -2.14. The molecule has 3 aromatic heterocycles. The number of hydrogen-bond acceptors (Lipinski definition) is 3. The van der Waals surface area contributed by atoms with Gasteiger partial charge in [-0.2, -0.15) is 5.10 Å². The third kappa shape index (κ3) is 2.57. The van der Waals surface area contributed by atoms with Crippen LogP contribution in [0, 0.1) is 0 Å². The summed E-state index contributed by atoms with van der Waals surface area (Å²) in [6.07, 6.45) is 3.77. The summed E-state index contributed by atoms with van der Waals surface area (Å²) in [6, 6.07) is 12.7. The largest absolute Gasteiger partial charge is 0.478 e. The van der Waals surface area contributed by atoms with Gasteiger partial charge in [0, 0.05) is 21.8 Å². The SMILES string of the molecule is CCc1ccc2c(-c3cccc(Cl)c3)c(C(=O)O)c(-c3ccoc3)nn12. The maximum Gasteiger partial charge on any atom is 0.338 e. The van der Waals surface area contributed by atoms with Crippen molar-refractivity contribution in [2.45, 2.75) is 13.3 Å². The molecule has 0 unspecified atom stereocenters. The van der Waals surface area contributed by atoms with Crippen LogP contribution in [0.3, 0.4) is 0 Å². The lowest BCUT2D eigenvalue weighted by Crippen LogP contribution is -2.10. The van der Waals surface area contributed by atoms with E-state index >= 15 is 0 Å². The van der Waals surface area contributed by atoms with Crippen molar-refractivity contribution in [2.75, 3.05) is 0 Å². The van der Waals surface area contributed by atoms with Crippen LogP contribution in [0.25, 0.3) is 27.9 Å². The van der Waals surface area contributed by atoms with Crippen LogP contribution in [0.4, 0.5) is 0 Å². The number of furan rings is 1. The number of carbonyl (C=O) groups is 1. The zero-order valence-electron chi connectivity index (χ0n) is 13.9. The number of carboxylic acid groups (broad SMARTS) is 1. The lowest BCUT2D eigenvalue weighted by atomic mass is 9.96. The minimum absolute atomic E-state index is 0.127. The first-order chi connectivity index (χ1) is 12.6. The highest BCUT2D eigenvalue weighted by molar-refractivity contribution is 6.31. The summed E-state index contributed by atoms with van der Waals surface area (Å²) < 4.78 is 6.95. The van der Waals surface area contributed by atoms with Gasteiger partial charge in [0.05, 0.1) is 23.6 Å². The van der Waals surface area contributed by atoms with E-state index in [-0.39, 0.29) is 5.56 Å². The molecule has 4 aromatic rings. The Bertz CT molecular complexity index is 1110. The van der Waals surface area contributed by atoms with E-state index in [4.69, 9.17) is 16.0 Å². The minimum atomic E-state index is -1.05. The molecule has 1 aromatic carbocycles. The van der Waals surface area contributed by atoms with Gasteiger partial charge in [-0.1, -0.05) is 30.7 Å². The Kier molecular flexibility index (Phi) is 4.01. The Morgan fingerprint density at radius 3 is 2.73 bits per heavy atom. The Morgan fingerprint density at radius 2 is 2.08 bits per heavy atom. The molecular formula is C20H15ClN2O3. The molecule has 0 aliphatic carbocycles. The number of nitrogens with zero attached hydrogens (tertiary/aromatic N) is 2. The van der Waals surface area contributed by atoms with E-state index in [1.807, 2.05) is 25.1 Å². The van der Waals surface area contributed by atoms with Crippen molar-refractivity contribution in [1.82, 2.24) is 9.61 Å². The predicted molar refractivity (Wildman–Crippen MR) is 99.7 cm³/mol. The standard InChI is InChI=1S/C20H15ClN2O3/c1-2-15-6-7-16-17(12-4-3-5-14(21)10-12)18(20(24)25)19(22-23(15)16)13-8-9-26-11-13/h3-11H,2H2,1H3,(H,24,25). The van der Waals surface area contributed by atoms with Gasteiger partial charge < -0.3 is 9.52 Å². The summed E-state index contributed by atoms with van der Waals surface area (Å²) in [5.41, 5.74) is 4.14. The first-order valence-electron chi connectivity index (χ1n) is 8.16. The summed E-state index contributed by atoms with van der Waals surface area (Å²) in [5, 5.41) is 15.2. The van der Waals surface area contributed by atoms with Crippen LogP contribution in [-0.4, -0.2) is 20.7 Å². The Morgan fingerprint density at radius 1 is 1.23 bits per heavy atom. The molecule has 0 atom stereocenters. The zero-order chi connectivity index (χ0) is 18.3. The molecule has 26 heavy (non-hydrogen) atoms. The van der Waals surface area contributed by atoms with Crippen LogP contribution < -0.4 is 0 Å². The number of rotatable bonds is 4. The molecule has 0 radical (unpaired) electrons. The number of benzene rings is 1. The van der Waals surface area contributed by atoms with E-state index in [2.05, 4.69) is 5.10 Å². The van der Waals surface area contributed by atoms with Crippen molar-refractivity contribution >= 4 is 23.1 Å². The number of fused-ring (bicyclic) bond motifs is 1. The summed E-state index contributed by atoms with van der Waals surface area (Å²) in [4.78, 5) is 12.2. The van der Waals surface area contributed by atoms with Crippen molar-refractivity contribution in [3.63, 3.8) is 0 Å². The highest BCUT2D eigenvalue weighted by atomic mass is 35.5. The van der Waals surface area contributed by atoms with Crippen molar-refractivity contribution in [3.05, 3.63) is 71.3 Å². The highest BCUT2D eigenvalue weighted by Gasteiger charge is 2.24. The number of halogens is 1. The number of aromatic carboxylic acids is 1. The smallest absolute Gasteiger partial charge is 0.338 e. The van der Waals surface area contributed by atoms with Crippen LogP contribution in [-0.2, 0) is 6.42 Å². The number of carboxylic acids is 1. The molecule has 0 aliphatic rings. The normalized spacial score (nSPS) is 11.2. The molecule has 0 amide bonds. The van der Waals surface area contributed by atoms with Crippen LogP contribution in [0.5, 0.6) is 0 Å². The molecule has 0 aliphatic heterocycles. The van der Waals surface area contributed by atoms with Crippen LogP contribution in [0.15, 0.2) is 59.4 Å². The number of aryl methyl sites for hydroxylation is 1. The molecular weight excluding hydrogens is 352 g/mol. The summed E-state index contributed by atoms with van der Waals surface area (Å²) >= 11 is 6.16. The first-order valence-corrected chi connectivity index (χ1v) is 8.54. The quantitative estimate of drug-likeness (QED) is 0.540. The van der Waals surface area contributed by atoms with E-state index in [0.717, 1.165) is 23.2 Å². The fraction of sp³-hybridized carbons (Fsp3) is 0.100. The second kappa shape index (κ2) is 6.35. The van der Waals surface area contributed by atoms with Gasteiger partial charge in [-0.25, -0.2) is 9.31 Å². The van der Waals surface area contributed by atoms with E-state index < -0.39 is 5.97 Å². The summed E-state index contributed by atoms with van der Waals surface area (Å²) in [7, 11) is 0. The number of aromatic nitrogens is 2. The van der Waals surface area contributed by atoms with Gasteiger partial charge in [0.2, 0.25) is 0 Å². The molecule has 0 saturated carbocycles. The van der Waals surface area contributed by atoms with Gasteiger partial charge in [-0.3, -0.25) is 0 Å². The molecule has 0 bridgehead atoms. The van der Waals surface area contributed by atoms with Gasteiger partial charge in [0.15, 0.2) is 0 Å². The Hall–Kier alpha value is -3.05. The second-order valence-corrected chi connectivity index (χ2v) is 6.34. The molecule has 0 saturated heterocycles. The molecule has 1 N–H and O–H groups in total. The van der Waals surface area contributed by atoms with E-state index in [0.29, 0.717) is 21.8 Å². The number of hydrogen-bond donors (Lipinski definition) is 1. The maximum atomic E-state index is 12.2.